The van der Waals surface area contributed by atoms with Gasteiger partial charge >= 0.3 is 0 Å². The highest BCUT2D eigenvalue weighted by Crippen LogP contribution is 2.25. The van der Waals surface area contributed by atoms with Crippen molar-refractivity contribution in [2.24, 2.45) is 0 Å². The topological polar surface area (TPSA) is 46.3 Å². The highest BCUT2D eigenvalue weighted by atomic mass is 16.3. The molecule has 0 aliphatic carbocycles. The lowest BCUT2D eigenvalue weighted by Gasteiger charge is -1.97. The number of phenols is 1. The maximum absolute atomic E-state index is 9.73. The van der Waals surface area contributed by atoms with Crippen LogP contribution in [-0.4, -0.2) is 10.1 Å². The molecule has 1 heterocycles. The van der Waals surface area contributed by atoms with Gasteiger partial charge in [0, 0.05) is 0 Å². The van der Waals surface area contributed by atoms with Crippen molar-refractivity contribution >= 4 is 12.2 Å². The molecule has 0 saturated carbocycles. The van der Waals surface area contributed by atoms with Crippen molar-refractivity contribution in [2.75, 3.05) is 0 Å². The van der Waals surface area contributed by atoms with E-state index in [0.29, 0.717) is 22.2 Å². The summed E-state index contributed by atoms with van der Waals surface area (Å²) in [6, 6.07) is 6.95. The van der Waals surface area contributed by atoms with E-state index < -0.39 is 0 Å². The van der Waals surface area contributed by atoms with Crippen LogP contribution in [0.25, 0.3) is 23.6 Å². The van der Waals surface area contributed by atoms with Crippen LogP contribution >= 0.6 is 0 Å². The minimum atomic E-state index is 0.154. The number of benzene rings is 1. The SMILES string of the molecule is C=C/C=c1/nc(-c2ccccc2O)o/c1=C/C. The smallest absolute Gasteiger partial charge is 0.231 e. The van der Waals surface area contributed by atoms with E-state index >= 15 is 0 Å². The van der Waals surface area contributed by atoms with Crippen molar-refractivity contribution in [1.29, 1.82) is 0 Å². The average Bonchev–Trinajstić information content (AvgIpc) is 2.73. The molecule has 0 saturated heterocycles. The van der Waals surface area contributed by atoms with Crippen molar-refractivity contribution in [1.82, 2.24) is 4.98 Å². The van der Waals surface area contributed by atoms with Crippen molar-refractivity contribution in [3.63, 3.8) is 0 Å². The van der Waals surface area contributed by atoms with Gasteiger partial charge in [-0.1, -0.05) is 24.8 Å². The van der Waals surface area contributed by atoms with Crippen LogP contribution < -0.4 is 10.8 Å². The zero-order valence-electron chi connectivity index (χ0n) is 9.55. The largest absolute Gasteiger partial charge is 0.507 e. The predicted molar refractivity (Wildman–Crippen MR) is 67.7 cm³/mol. The van der Waals surface area contributed by atoms with Crippen molar-refractivity contribution in [3.05, 3.63) is 47.7 Å². The molecule has 0 spiro atoms. The molecule has 17 heavy (non-hydrogen) atoms. The lowest BCUT2D eigenvalue weighted by Crippen LogP contribution is -2.20. The molecule has 0 radical (unpaired) electrons. The molecule has 3 nitrogen and oxygen atoms in total. The van der Waals surface area contributed by atoms with E-state index in [1.807, 2.05) is 19.1 Å². The summed E-state index contributed by atoms with van der Waals surface area (Å²) in [5.41, 5.74) is 1.25. The van der Waals surface area contributed by atoms with Gasteiger partial charge in [-0.2, -0.15) is 0 Å². The van der Waals surface area contributed by atoms with Crippen LogP contribution in [0.4, 0.5) is 0 Å². The Kier molecular flexibility index (Phi) is 3.10. The number of rotatable bonds is 2. The number of aromatic nitrogens is 1. The number of aromatic hydroxyl groups is 1. The quantitative estimate of drug-likeness (QED) is 0.851. The minimum absolute atomic E-state index is 0.154. The van der Waals surface area contributed by atoms with Gasteiger partial charge in [-0.3, -0.25) is 0 Å². The second-order valence-electron chi connectivity index (χ2n) is 3.48. The van der Waals surface area contributed by atoms with Gasteiger partial charge in [0.2, 0.25) is 5.89 Å². The summed E-state index contributed by atoms with van der Waals surface area (Å²) >= 11 is 0. The fourth-order valence-electron chi connectivity index (χ4n) is 1.55. The van der Waals surface area contributed by atoms with E-state index in [-0.39, 0.29) is 5.75 Å². The number of para-hydroxylation sites is 1. The van der Waals surface area contributed by atoms with Gasteiger partial charge in [-0.15, -0.1) is 0 Å². The summed E-state index contributed by atoms with van der Waals surface area (Å²) in [5, 5.41) is 10.4. The lowest BCUT2D eigenvalue weighted by molar-refractivity contribution is 0.471. The summed E-state index contributed by atoms with van der Waals surface area (Å²) < 4.78 is 5.58. The Hall–Kier alpha value is -2.29. The Morgan fingerprint density at radius 1 is 1.35 bits per heavy atom. The monoisotopic (exact) mass is 227 g/mol. The van der Waals surface area contributed by atoms with Gasteiger partial charge < -0.3 is 9.52 Å². The molecule has 0 fully saturated rings. The second-order valence-corrected chi connectivity index (χ2v) is 3.48. The van der Waals surface area contributed by atoms with E-state index in [1.54, 1.807) is 30.4 Å². The predicted octanol–water partition coefficient (Wildman–Crippen LogP) is 1.81. The zero-order valence-corrected chi connectivity index (χ0v) is 9.55. The Balaban J connectivity index is 2.67. The van der Waals surface area contributed by atoms with Crippen LogP contribution in [-0.2, 0) is 0 Å². The fraction of sp³-hybridized carbons (Fsp3) is 0.0714. The Bertz CT molecular complexity index is 653. The second kappa shape index (κ2) is 4.70. The third-order valence-electron chi connectivity index (χ3n) is 2.35. The summed E-state index contributed by atoms with van der Waals surface area (Å²) in [6.07, 6.45) is 5.24. The number of hydrogen-bond donors (Lipinski definition) is 1. The maximum atomic E-state index is 9.73. The molecular formula is C14H13NO2. The molecular weight excluding hydrogens is 214 g/mol. The number of hydrogen-bond acceptors (Lipinski definition) is 3. The highest BCUT2D eigenvalue weighted by Gasteiger charge is 2.08. The van der Waals surface area contributed by atoms with Crippen LogP contribution in [0.3, 0.4) is 0 Å². The number of oxazole rings is 1. The molecule has 0 aliphatic rings. The first-order valence-electron chi connectivity index (χ1n) is 5.30. The van der Waals surface area contributed by atoms with Gasteiger partial charge in [0.15, 0.2) is 5.42 Å². The standard InChI is InChI=1S/C14H13NO2/c1-3-7-11-13(4-2)17-14(15-11)10-8-5-6-9-12(10)16/h3-9,16H,1H2,2H3/b11-7+,13-4+. The molecule has 0 aliphatic heterocycles. The number of nitrogens with zero attached hydrogens (tertiary/aromatic N) is 1. The Labute approximate surface area is 99.1 Å². The maximum Gasteiger partial charge on any atom is 0.231 e. The van der Waals surface area contributed by atoms with E-state index in [0.717, 1.165) is 0 Å². The summed E-state index contributed by atoms with van der Waals surface area (Å²) in [7, 11) is 0. The van der Waals surface area contributed by atoms with Gasteiger partial charge in [0.25, 0.3) is 0 Å². The summed E-state index contributed by atoms with van der Waals surface area (Å²) in [4.78, 5) is 4.32. The molecule has 86 valence electrons. The first-order chi connectivity index (χ1) is 8.26. The van der Waals surface area contributed by atoms with Gasteiger partial charge in [-0.25, -0.2) is 4.98 Å². The fourth-order valence-corrected chi connectivity index (χ4v) is 1.55. The first kappa shape index (κ1) is 11.2. The van der Waals surface area contributed by atoms with E-state index in [2.05, 4.69) is 11.6 Å². The van der Waals surface area contributed by atoms with Crippen LogP contribution in [0.2, 0.25) is 0 Å². The minimum Gasteiger partial charge on any atom is -0.507 e. The molecule has 3 heteroatoms. The van der Waals surface area contributed by atoms with E-state index in [1.165, 1.54) is 0 Å². The molecule has 1 aromatic carbocycles. The summed E-state index contributed by atoms with van der Waals surface area (Å²) in [5.74, 6) is 0.561. The third-order valence-corrected chi connectivity index (χ3v) is 2.35. The van der Waals surface area contributed by atoms with Crippen molar-refractivity contribution < 1.29 is 9.52 Å². The normalized spacial score (nSPS) is 13.0. The van der Waals surface area contributed by atoms with Gasteiger partial charge in [0.05, 0.1) is 5.56 Å². The van der Waals surface area contributed by atoms with Crippen LogP contribution in [0.5, 0.6) is 5.75 Å². The molecule has 2 rings (SSSR count). The molecule has 0 unspecified atom stereocenters. The third kappa shape index (κ3) is 2.13. The van der Waals surface area contributed by atoms with Crippen molar-refractivity contribution in [3.8, 4) is 17.2 Å². The van der Waals surface area contributed by atoms with E-state index in [4.69, 9.17) is 4.42 Å². The van der Waals surface area contributed by atoms with Crippen LogP contribution in [0, 0.1) is 0 Å². The van der Waals surface area contributed by atoms with Gasteiger partial charge in [-0.05, 0) is 31.2 Å². The number of phenolic OH excluding ortho intramolecular Hbond substituents is 1. The molecule has 0 amide bonds. The average molecular weight is 227 g/mol. The number of allylic oxidation sites excluding steroid dienone is 1. The van der Waals surface area contributed by atoms with Crippen molar-refractivity contribution in [2.45, 2.75) is 6.92 Å². The molecule has 0 atom stereocenters. The van der Waals surface area contributed by atoms with Gasteiger partial charge in [0.1, 0.15) is 11.1 Å². The Morgan fingerprint density at radius 3 is 2.76 bits per heavy atom. The molecule has 1 aromatic heterocycles. The molecule has 0 bridgehead atoms. The Morgan fingerprint density at radius 2 is 2.12 bits per heavy atom. The summed E-state index contributed by atoms with van der Waals surface area (Å²) in [6.45, 7) is 5.50. The lowest BCUT2D eigenvalue weighted by atomic mass is 10.2. The molecule has 1 N–H and O–H groups in total. The first-order valence-corrected chi connectivity index (χ1v) is 5.30. The molecule has 2 aromatic rings. The van der Waals surface area contributed by atoms with Crippen LogP contribution in [0.1, 0.15) is 6.92 Å². The zero-order chi connectivity index (χ0) is 12.3. The van der Waals surface area contributed by atoms with Crippen LogP contribution in [0.15, 0.2) is 41.3 Å². The van der Waals surface area contributed by atoms with E-state index in [9.17, 15) is 5.11 Å². The highest BCUT2D eigenvalue weighted by molar-refractivity contribution is 5.62.